The van der Waals surface area contributed by atoms with Crippen molar-refractivity contribution in [2.45, 2.75) is 23.2 Å². The molecule has 32 heavy (non-hydrogen) atoms. The second-order valence-electron chi connectivity index (χ2n) is 8.80. The molecule has 0 N–H and O–H groups in total. The van der Waals surface area contributed by atoms with Crippen molar-refractivity contribution < 1.29 is 9.53 Å². The first-order valence-corrected chi connectivity index (χ1v) is 12.8. The molecule has 2 aromatic carbocycles. The van der Waals surface area contributed by atoms with Gasteiger partial charge in [-0.1, -0.05) is 30.3 Å². The van der Waals surface area contributed by atoms with Crippen molar-refractivity contribution in [2.75, 3.05) is 39.4 Å². The van der Waals surface area contributed by atoms with Gasteiger partial charge in [0.05, 0.1) is 21.1 Å². The summed E-state index contributed by atoms with van der Waals surface area (Å²) in [7, 11) is 0. The summed E-state index contributed by atoms with van der Waals surface area (Å²) in [5, 5.41) is 0. The van der Waals surface area contributed by atoms with Crippen LogP contribution in [0.25, 0.3) is 10.2 Å². The van der Waals surface area contributed by atoms with Crippen molar-refractivity contribution in [1.82, 2.24) is 14.2 Å². The van der Waals surface area contributed by atoms with Crippen LogP contribution in [0.3, 0.4) is 0 Å². The minimum absolute atomic E-state index is 0.278. The average molecular weight is 464 g/mol. The van der Waals surface area contributed by atoms with Gasteiger partial charge in [0.1, 0.15) is 0 Å². The second kappa shape index (κ2) is 8.30. The molecule has 0 aliphatic carbocycles. The fraction of sp³-hybridized carbons (Fsp3) is 0.360. The van der Waals surface area contributed by atoms with Gasteiger partial charge in [0.2, 0.25) is 5.91 Å². The van der Waals surface area contributed by atoms with Crippen molar-refractivity contribution in [3.8, 4) is 0 Å². The highest BCUT2D eigenvalue weighted by molar-refractivity contribution is 7.97. The van der Waals surface area contributed by atoms with Crippen LogP contribution in [0, 0.1) is 0 Å². The third kappa shape index (κ3) is 3.57. The summed E-state index contributed by atoms with van der Waals surface area (Å²) in [6, 6.07) is 16.8. The predicted molar refractivity (Wildman–Crippen MR) is 129 cm³/mol. The van der Waals surface area contributed by atoms with Crippen LogP contribution in [0.1, 0.15) is 18.4 Å². The third-order valence-electron chi connectivity index (χ3n) is 6.90. The Balaban J connectivity index is 1.09. The lowest BCUT2D eigenvalue weighted by Crippen LogP contribution is -2.56. The summed E-state index contributed by atoms with van der Waals surface area (Å²) < 4.78 is 9.23. The van der Waals surface area contributed by atoms with Gasteiger partial charge in [0, 0.05) is 44.3 Å². The fourth-order valence-corrected chi connectivity index (χ4v) is 6.73. The van der Waals surface area contributed by atoms with Gasteiger partial charge in [0.15, 0.2) is 0 Å². The number of likely N-dealkylation sites (tertiary alicyclic amines) is 1. The Morgan fingerprint density at radius 2 is 1.75 bits per heavy atom. The highest BCUT2D eigenvalue weighted by Gasteiger charge is 2.46. The van der Waals surface area contributed by atoms with E-state index in [1.54, 1.807) is 11.3 Å². The average Bonchev–Trinajstić information content (AvgIpc) is 3.25. The van der Waals surface area contributed by atoms with E-state index in [1.807, 2.05) is 40.6 Å². The summed E-state index contributed by atoms with van der Waals surface area (Å²) in [5.41, 5.74) is 6.63. The van der Waals surface area contributed by atoms with E-state index < -0.39 is 5.41 Å². The van der Waals surface area contributed by atoms with Crippen molar-refractivity contribution in [3.05, 3.63) is 70.8 Å². The highest BCUT2D eigenvalue weighted by Crippen LogP contribution is 2.40. The number of carbonyl (C=O) groups is 1. The molecule has 0 spiro atoms. The maximum atomic E-state index is 13.6. The predicted octanol–water partition coefficient (Wildman–Crippen LogP) is 4.51. The van der Waals surface area contributed by atoms with E-state index in [9.17, 15) is 4.79 Å². The molecule has 0 atom stereocenters. The topological polar surface area (TPSA) is 45.7 Å². The maximum absolute atomic E-state index is 13.6. The maximum Gasteiger partial charge on any atom is 0.233 e. The van der Waals surface area contributed by atoms with Crippen molar-refractivity contribution >= 4 is 39.4 Å². The molecule has 3 aliphatic heterocycles. The number of amides is 1. The SMILES string of the molecule is O=C(N1CC(=C2CN(Sc3ccc4ncsc4c3)C2)C1)C1(c2ccccc2)CCOCC1. The minimum atomic E-state index is -0.424. The largest absolute Gasteiger partial charge is 0.381 e. The lowest BCUT2D eigenvalue weighted by atomic mass is 9.72. The molecule has 164 valence electrons. The molecule has 5 nitrogen and oxygen atoms in total. The van der Waals surface area contributed by atoms with Crippen LogP contribution in [0.15, 0.2) is 70.1 Å². The second-order valence-corrected chi connectivity index (χ2v) is 10.9. The van der Waals surface area contributed by atoms with Gasteiger partial charge in [0.25, 0.3) is 0 Å². The number of rotatable bonds is 4. The van der Waals surface area contributed by atoms with Crippen LogP contribution in [0.4, 0.5) is 0 Å². The Morgan fingerprint density at radius 3 is 2.53 bits per heavy atom. The molecule has 4 heterocycles. The zero-order valence-electron chi connectivity index (χ0n) is 17.8. The molecular weight excluding hydrogens is 438 g/mol. The fourth-order valence-electron chi connectivity index (χ4n) is 4.90. The molecule has 3 aromatic rings. The Morgan fingerprint density at radius 1 is 1.00 bits per heavy atom. The van der Waals surface area contributed by atoms with Crippen LogP contribution in [-0.4, -0.2) is 59.5 Å². The van der Waals surface area contributed by atoms with E-state index in [0.29, 0.717) is 13.2 Å². The van der Waals surface area contributed by atoms with Gasteiger partial charge >= 0.3 is 0 Å². The van der Waals surface area contributed by atoms with Crippen molar-refractivity contribution in [1.29, 1.82) is 0 Å². The van der Waals surface area contributed by atoms with E-state index >= 15 is 0 Å². The number of hydrogen-bond acceptors (Lipinski definition) is 6. The molecule has 3 saturated heterocycles. The number of benzene rings is 2. The first-order chi connectivity index (χ1) is 15.7. The van der Waals surface area contributed by atoms with Crippen LogP contribution < -0.4 is 0 Å². The summed E-state index contributed by atoms with van der Waals surface area (Å²) in [6.07, 6.45) is 1.54. The van der Waals surface area contributed by atoms with Crippen molar-refractivity contribution in [3.63, 3.8) is 0 Å². The Labute approximate surface area is 196 Å². The number of thiazole rings is 1. The summed E-state index contributed by atoms with van der Waals surface area (Å²) >= 11 is 3.50. The molecule has 0 radical (unpaired) electrons. The Bertz CT molecular complexity index is 1170. The van der Waals surface area contributed by atoms with Crippen molar-refractivity contribution in [2.24, 2.45) is 0 Å². The van der Waals surface area contributed by atoms with Crippen LogP contribution in [-0.2, 0) is 14.9 Å². The quantitative estimate of drug-likeness (QED) is 0.421. The Kier molecular flexibility index (Phi) is 5.30. The van der Waals surface area contributed by atoms with E-state index in [0.717, 1.165) is 50.1 Å². The van der Waals surface area contributed by atoms with Crippen LogP contribution in [0.2, 0.25) is 0 Å². The standard InChI is InChI=1S/C25H25N3O2S2/c29-24(25(8-10-30-11-9-25)20-4-2-1-3-5-20)27-13-18(14-27)19-15-28(16-19)32-21-6-7-22-23(12-21)31-17-26-22/h1-7,12,17H,8-11,13-16H2. The lowest BCUT2D eigenvalue weighted by Gasteiger charge is -2.46. The minimum Gasteiger partial charge on any atom is -0.381 e. The van der Waals surface area contributed by atoms with Gasteiger partial charge in [-0.25, -0.2) is 9.29 Å². The number of fused-ring (bicyclic) bond motifs is 1. The molecule has 0 unspecified atom stereocenters. The van der Waals surface area contributed by atoms with Gasteiger partial charge in [-0.15, -0.1) is 11.3 Å². The highest BCUT2D eigenvalue weighted by atomic mass is 32.2. The van der Waals surface area contributed by atoms with Crippen LogP contribution in [0.5, 0.6) is 0 Å². The smallest absolute Gasteiger partial charge is 0.233 e. The molecule has 7 heteroatoms. The summed E-state index contributed by atoms with van der Waals surface area (Å²) in [4.78, 5) is 21.3. The first-order valence-electron chi connectivity index (χ1n) is 11.1. The molecule has 1 aromatic heterocycles. The van der Waals surface area contributed by atoms with Gasteiger partial charge in [-0.05, 0) is 59.7 Å². The zero-order valence-corrected chi connectivity index (χ0v) is 19.5. The number of ether oxygens (including phenoxy) is 1. The van der Waals surface area contributed by atoms with Gasteiger partial charge in [-0.2, -0.15) is 0 Å². The number of nitrogens with zero attached hydrogens (tertiary/aromatic N) is 3. The normalized spacial score (nSPS) is 20.8. The van der Waals surface area contributed by atoms with E-state index in [2.05, 4.69) is 39.6 Å². The summed E-state index contributed by atoms with van der Waals surface area (Å²) in [6.45, 7) is 4.86. The molecule has 6 rings (SSSR count). The molecule has 3 aliphatic rings. The van der Waals surface area contributed by atoms with Crippen LogP contribution >= 0.6 is 23.3 Å². The molecular formula is C25H25N3O2S2. The number of carbonyl (C=O) groups excluding carboxylic acids is 1. The zero-order chi connectivity index (χ0) is 21.5. The molecule has 1 amide bonds. The van der Waals surface area contributed by atoms with Gasteiger partial charge in [-0.3, -0.25) is 4.79 Å². The lowest BCUT2D eigenvalue weighted by molar-refractivity contribution is -0.142. The Hall–Kier alpha value is -2.19. The van der Waals surface area contributed by atoms with E-state index in [1.165, 1.54) is 20.7 Å². The van der Waals surface area contributed by atoms with E-state index in [-0.39, 0.29) is 5.91 Å². The monoisotopic (exact) mass is 463 g/mol. The molecule has 3 fully saturated rings. The molecule has 0 saturated carbocycles. The number of hydrogen-bond donors (Lipinski definition) is 0. The van der Waals surface area contributed by atoms with Gasteiger partial charge < -0.3 is 9.64 Å². The third-order valence-corrected chi connectivity index (χ3v) is 8.68. The molecule has 0 bridgehead atoms. The first kappa shape index (κ1) is 20.4. The number of aromatic nitrogens is 1. The summed E-state index contributed by atoms with van der Waals surface area (Å²) in [5.74, 6) is 0.278. The van der Waals surface area contributed by atoms with E-state index in [4.69, 9.17) is 4.74 Å².